The zero-order valence-corrected chi connectivity index (χ0v) is 17.7. The molecule has 32 heavy (non-hydrogen) atoms. The van der Waals surface area contributed by atoms with Crippen molar-refractivity contribution in [2.24, 2.45) is 16.5 Å². The van der Waals surface area contributed by atoms with Crippen molar-refractivity contribution in [1.29, 1.82) is 0 Å². The van der Waals surface area contributed by atoms with Gasteiger partial charge >= 0.3 is 11.8 Å². The molecule has 4 rings (SSSR count). The minimum absolute atomic E-state index is 0.0853. The first kappa shape index (κ1) is 21.6. The van der Waals surface area contributed by atoms with Crippen LogP contribution in [-0.2, 0) is 16.0 Å². The summed E-state index contributed by atoms with van der Waals surface area (Å²) < 4.78 is 13.7. The van der Waals surface area contributed by atoms with Crippen molar-refractivity contribution in [2.75, 3.05) is 5.32 Å². The van der Waals surface area contributed by atoms with E-state index < -0.39 is 29.7 Å². The third-order valence-electron chi connectivity index (χ3n) is 5.44. The lowest BCUT2D eigenvalue weighted by Crippen LogP contribution is -2.42. The normalized spacial score (nSPS) is 17.8. The zero-order valence-electron chi connectivity index (χ0n) is 17.0. The molecule has 1 heterocycles. The van der Waals surface area contributed by atoms with Gasteiger partial charge in [-0.15, -0.1) is 0 Å². The first-order chi connectivity index (χ1) is 15.3. The Kier molecular flexibility index (Phi) is 6.00. The number of nitrogens with two attached hydrogens (primary N) is 2. The second kappa shape index (κ2) is 8.88. The summed E-state index contributed by atoms with van der Waals surface area (Å²) in [5, 5.41) is 6.01. The maximum Gasteiger partial charge on any atom is 0.313 e. The van der Waals surface area contributed by atoms with Crippen LogP contribution in [0.15, 0.2) is 47.5 Å². The number of carbonyl (C=O) groups excluding carboxylic acids is 2. The van der Waals surface area contributed by atoms with Crippen molar-refractivity contribution in [3.8, 4) is 0 Å². The fourth-order valence-corrected chi connectivity index (χ4v) is 4.20. The Hall–Kier alpha value is -3.59. The van der Waals surface area contributed by atoms with Crippen LogP contribution < -0.4 is 22.1 Å². The Morgan fingerprint density at radius 1 is 1.16 bits per heavy atom. The SMILES string of the molecule is NC(N)=N[C@H]1CCCc2[nH]c3ccccc3c2[C@@H]1NC(=O)C(=O)Nc1ccc(Cl)c(F)c1. The van der Waals surface area contributed by atoms with Crippen molar-refractivity contribution in [1.82, 2.24) is 10.3 Å². The van der Waals surface area contributed by atoms with E-state index in [1.807, 2.05) is 24.3 Å². The molecule has 3 aromatic rings. The molecule has 2 amide bonds. The number of para-hydroxylation sites is 1. The van der Waals surface area contributed by atoms with Gasteiger partial charge in [-0.2, -0.15) is 0 Å². The quantitative estimate of drug-likeness (QED) is 0.179. The second-order valence-corrected chi connectivity index (χ2v) is 8.02. The van der Waals surface area contributed by atoms with Crippen LogP contribution in [-0.4, -0.2) is 28.8 Å². The molecule has 0 radical (unpaired) electrons. The molecule has 2 atom stereocenters. The molecule has 0 saturated heterocycles. The molecule has 0 spiro atoms. The number of hydrogen-bond acceptors (Lipinski definition) is 3. The topological polar surface area (TPSA) is 138 Å². The maximum absolute atomic E-state index is 13.7. The van der Waals surface area contributed by atoms with Crippen molar-refractivity contribution in [3.05, 3.63) is 64.6 Å². The lowest BCUT2D eigenvalue weighted by Gasteiger charge is -2.24. The predicted molar refractivity (Wildman–Crippen MR) is 122 cm³/mol. The van der Waals surface area contributed by atoms with Crippen LogP contribution >= 0.6 is 11.6 Å². The Morgan fingerprint density at radius 3 is 2.69 bits per heavy atom. The molecule has 1 aliphatic carbocycles. The van der Waals surface area contributed by atoms with Gasteiger partial charge in [-0.05, 0) is 43.5 Å². The molecule has 2 aromatic carbocycles. The van der Waals surface area contributed by atoms with Crippen LogP contribution in [0.25, 0.3) is 10.9 Å². The Morgan fingerprint density at radius 2 is 1.94 bits per heavy atom. The van der Waals surface area contributed by atoms with Gasteiger partial charge in [0.2, 0.25) is 0 Å². The number of carbonyl (C=O) groups is 2. The highest BCUT2D eigenvalue weighted by atomic mass is 35.5. The Balaban J connectivity index is 1.65. The molecule has 0 saturated carbocycles. The van der Waals surface area contributed by atoms with E-state index in [0.717, 1.165) is 41.1 Å². The van der Waals surface area contributed by atoms with Crippen molar-refractivity contribution >= 4 is 46.0 Å². The highest BCUT2D eigenvalue weighted by Gasteiger charge is 2.33. The number of rotatable bonds is 3. The number of aryl methyl sites for hydroxylation is 1. The molecule has 0 unspecified atom stereocenters. The molecule has 1 aromatic heterocycles. The minimum Gasteiger partial charge on any atom is -0.370 e. The Labute approximate surface area is 188 Å². The van der Waals surface area contributed by atoms with E-state index in [9.17, 15) is 14.0 Å². The second-order valence-electron chi connectivity index (χ2n) is 7.61. The first-order valence-corrected chi connectivity index (χ1v) is 10.5. The number of guanidine groups is 1. The van der Waals surface area contributed by atoms with Gasteiger partial charge < -0.3 is 27.1 Å². The largest absolute Gasteiger partial charge is 0.370 e. The van der Waals surface area contributed by atoms with E-state index in [4.69, 9.17) is 23.1 Å². The zero-order chi connectivity index (χ0) is 22.8. The lowest BCUT2D eigenvalue weighted by molar-refractivity contribution is -0.136. The van der Waals surface area contributed by atoms with Gasteiger partial charge in [0.25, 0.3) is 0 Å². The highest BCUT2D eigenvalue weighted by Crippen LogP contribution is 2.36. The summed E-state index contributed by atoms with van der Waals surface area (Å²) in [5.74, 6) is -2.64. The smallest absolute Gasteiger partial charge is 0.313 e. The van der Waals surface area contributed by atoms with Gasteiger partial charge in [-0.1, -0.05) is 29.8 Å². The predicted octanol–water partition coefficient (Wildman–Crippen LogP) is 2.73. The monoisotopic (exact) mass is 456 g/mol. The molecule has 7 N–H and O–H groups in total. The third-order valence-corrected chi connectivity index (χ3v) is 5.74. The van der Waals surface area contributed by atoms with Gasteiger partial charge in [0, 0.05) is 27.8 Å². The van der Waals surface area contributed by atoms with Crippen LogP contribution in [0.3, 0.4) is 0 Å². The molecule has 0 bridgehead atoms. The number of halogens is 2. The number of aromatic nitrogens is 1. The number of aromatic amines is 1. The average molecular weight is 457 g/mol. The molecule has 166 valence electrons. The van der Waals surface area contributed by atoms with E-state index >= 15 is 0 Å². The van der Waals surface area contributed by atoms with E-state index in [1.54, 1.807) is 0 Å². The number of hydrogen-bond donors (Lipinski definition) is 5. The molecule has 0 aliphatic heterocycles. The highest BCUT2D eigenvalue weighted by molar-refractivity contribution is 6.39. The standard InChI is InChI=1S/C22H22ClFN6O2/c23-13-9-8-11(10-14(13)24)27-20(31)21(32)30-19-17(29-22(25)26)7-3-6-16-18(19)12-4-1-2-5-15(12)28-16/h1-2,4-5,8-10,17,19,28H,3,6-7H2,(H,27,31)(H,30,32)(H4,25,26,29)/t17-,19+/m0/s1. The fourth-order valence-electron chi connectivity index (χ4n) is 4.09. The minimum atomic E-state index is -0.944. The van der Waals surface area contributed by atoms with Gasteiger partial charge in [-0.3, -0.25) is 9.59 Å². The molecule has 8 nitrogen and oxygen atoms in total. The van der Waals surface area contributed by atoms with E-state index in [2.05, 4.69) is 20.6 Å². The van der Waals surface area contributed by atoms with Crippen LogP contribution in [0.5, 0.6) is 0 Å². The molecular formula is C22H22ClFN6O2. The number of H-pyrrole nitrogens is 1. The maximum atomic E-state index is 13.7. The average Bonchev–Trinajstić information content (AvgIpc) is 3.03. The summed E-state index contributed by atoms with van der Waals surface area (Å²) in [4.78, 5) is 33.1. The summed E-state index contributed by atoms with van der Waals surface area (Å²) in [6, 6.07) is 10.4. The summed E-state index contributed by atoms with van der Waals surface area (Å²) in [6.45, 7) is 0. The van der Waals surface area contributed by atoms with Gasteiger partial charge in [-0.25, -0.2) is 9.38 Å². The lowest BCUT2D eigenvalue weighted by atomic mass is 9.96. The van der Waals surface area contributed by atoms with Crippen LogP contribution in [0, 0.1) is 5.82 Å². The van der Waals surface area contributed by atoms with Crippen LogP contribution in [0.1, 0.15) is 30.1 Å². The van der Waals surface area contributed by atoms with Crippen molar-refractivity contribution in [2.45, 2.75) is 31.3 Å². The van der Waals surface area contributed by atoms with E-state index in [1.165, 1.54) is 12.1 Å². The van der Waals surface area contributed by atoms with E-state index in [0.29, 0.717) is 6.42 Å². The first-order valence-electron chi connectivity index (χ1n) is 10.1. The summed E-state index contributed by atoms with van der Waals surface area (Å²) in [6.07, 6.45) is 2.16. The van der Waals surface area contributed by atoms with Crippen LogP contribution in [0.4, 0.5) is 10.1 Å². The van der Waals surface area contributed by atoms with Crippen molar-refractivity contribution in [3.63, 3.8) is 0 Å². The number of nitrogens with zero attached hydrogens (tertiary/aromatic N) is 1. The summed E-state index contributed by atoms with van der Waals surface area (Å²) in [5.41, 5.74) is 14.1. The summed E-state index contributed by atoms with van der Waals surface area (Å²) >= 11 is 5.66. The van der Waals surface area contributed by atoms with Gasteiger partial charge in [0.05, 0.1) is 17.1 Å². The van der Waals surface area contributed by atoms with E-state index in [-0.39, 0.29) is 16.7 Å². The number of benzene rings is 2. The summed E-state index contributed by atoms with van der Waals surface area (Å²) in [7, 11) is 0. The number of anilines is 1. The van der Waals surface area contributed by atoms with Crippen LogP contribution in [0.2, 0.25) is 5.02 Å². The fraction of sp³-hybridized carbons (Fsp3) is 0.227. The number of nitrogens with one attached hydrogen (secondary N) is 3. The number of amides is 2. The molecule has 10 heteroatoms. The van der Waals surface area contributed by atoms with Gasteiger partial charge in [0.1, 0.15) is 5.82 Å². The van der Waals surface area contributed by atoms with Crippen molar-refractivity contribution < 1.29 is 14.0 Å². The third kappa shape index (κ3) is 4.38. The number of fused-ring (bicyclic) bond motifs is 3. The molecule has 0 fully saturated rings. The van der Waals surface area contributed by atoms with Gasteiger partial charge in [0.15, 0.2) is 5.96 Å². The molecular weight excluding hydrogens is 435 g/mol. The molecule has 1 aliphatic rings. The number of aliphatic imine (C=N–C) groups is 1. The Bertz CT molecular complexity index is 1220.